The Bertz CT molecular complexity index is 673. The van der Waals surface area contributed by atoms with Gasteiger partial charge in [0.1, 0.15) is 23.9 Å². The van der Waals surface area contributed by atoms with E-state index in [1.807, 2.05) is 0 Å². The topological polar surface area (TPSA) is 121 Å². The van der Waals surface area contributed by atoms with Crippen LogP contribution in [0.4, 0.5) is 5.69 Å². The molecule has 6 nitrogen and oxygen atoms in total. The first-order valence-corrected chi connectivity index (χ1v) is 5.57. The molecule has 0 saturated carbocycles. The number of carboxylic acid groups (broad SMARTS) is 1. The average Bonchev–Trinajstić information content (AvgIpc) is 2.40. The molecule has 92 valence electrons. The molecule has 0 radical (unpaired) electrons. The van der Waals surface area contributed by atoms with Crippen molar-refractivity contribution in [1.29, 1.82) is 15.8 Å². The van der Waals surface area contributed by atoms with Gasteiger partial charge in [0.25, 0.3) is 0 Å². The maximum absolute atomic E-state index is 10.9. The van der Waals surface area contributed by atoms with Crippen LogP contribution in [0.5, 0.6) is 0 Å². The molecule has 0 heterocycles. The Morgan fingerprint density at radius 1 is 1.21 bits per heavy atom. The quantitative estimate of drug-likeness (QED) is 0.826. The Labute approximate surface area is 116 Å². The van der Waals surface area contributed by atoms with Crippen molar-refractivity contribution >= 4 is 27.6 Å². The number of anilines is 1. The van der Waals surface area contributed by atoms with Gasteiger partial charge in [-0.1, -0.05) is 6.07 Å². The SMILES string of the molecule is N#CC(C#N)=C(C#N)Nc1cccc(C(=O)O)c1Br. The summed E-state index contributed by atoms with van der Waals surface area (Å²) >= 11 is 3.09. The normalized spacial score (nSPS) is 8.53. The summed E-state index contributed by atoms with van der Waals surface area (Å²) in [5.41, 5.74) is -0.347. The lowest BCUT2D eigenvalue weighted by molar-refractivity contribution is 0.0696. The minimum atomic E-state index is -1.14. The van der Waals surface area contributed by atoms with Crippen LogP contribution in [-0.2, 0) is 0 Å². The van der Waals surface area contributed by atoms with Crippen molar-refractivity contribution in [3.05, 3.63) is 39.5 Å². The molecule has 0 unspecified atom stereocenters. The third kappa shape index (κ3) is 3.10. The highest BCUT2D eigenvalue weighted by molar-refractivity contribution is 9.10. The number of carboxylic acids is 1. The summed E-state index contributed by atoms with van der Waals surface area (Å²) < 4.78 is 0.227. The molecule has 0 aliphatic carbocycles. The van der Waals surface area contributed by atoms with Crippen LogP contribution < -0.4 is 5.32 Å². The lowest BCUT2D eigenvalue weighted by Gasteiger charge is -2.08. The van der Waals surface area contributed by atoms with Crippen LogP contribution in [0.1, 0.15) is 10.4 Å². The van der Waals surface area contributed by atoms with Gasteiger partial charge in [0, 0.05) is 0 Å². The molecule has 0 fully saturated rings. The zero-order valence-corrected chi connectivity index (χ0v) is 10.9. The summed E-state index contributed by atoms with van der Waals surface area (Å²) in [6, 6.07) is 9.22. The Hall–Kier alpha value is -2.82. The van der Waals surface area contributed by atoms with Gasteiger partial charge in [-0.2, -0.15) is 15.8 Å². The number of benzene rings is 1. The van der Waals surface area contributed by atoms with E-state index in [9.17, 15) is 4.79 Å². The fourth-order valence-electron chi connectivity index (χ4n) is 1.21. The van der Waals surface area contributed by atoms with E-state index in [0.29, 0.717) is 0 Å². The summed E-state index contributed by atoms with van der Waals surface area (Å²) in [7, 11) is 0. The van der Waals surface area contributed by atoms with E-state index >= 15 is 0 Å². The molecule has 0 aliphatic rings. The molecule has 0 bridgehead atoms. The van der Waals surface area contributed by atoms with Crippen molar-refractivity contribution in [3.8, 4) is 18.2 Å². The van der Waals surface area contributed by atoms with Crippen LogP contribution >= 0.6 is 15.9 Å². The Balaban J connectivity index is 3.30. The van der Waals surface area contributed by atoms with Gasteiger partial charge in [-0.05, 0) is 28.1 Å². The number of allylic oxidation sites excluding steroid dienone is 2. The summed E-state index contributed by atoms with van der Waals surface area (Å²) in [4.78, 5) is 10.9. The Morgan fingerprint density at radius 2 is 1.84 bits per heavy atom. The number of rotatable bonds is 3. The van der Waals surface area contributed by atoms with Crippen LogP contribution in [0.3, 0.4) is 0 Å². The predicted octanol–water partition coefficient (Wildman–Crippen LogP) is 2.38. The highest BCUT2D eigenvalue weighted by Crippen LogP contribution is 2.27. The van der Waals surface area contributed by atoms with Crippen LogP contribution in [0.15, 0.2) is 33.9 Å². The molecule has 0 aliphatic heterocycles. The molecular formula is C12H5BrN4O2. The number of carbonyl (C=O) groups is 1. The first kappa shape index (κ1) is 14.2. The maximum atomic E-state index is 10.9. The van der Waals surface area contributed by atoms with Crippen molar-refractivity contribution in [2.75, 3.05) is 5.32 Å². The molecule has 0 atom stereocenters. The predicted molar refractivity (Wildman–Crippen MR) is 68.6 cm³/mol. The van der Waals surface area contributed by atoms with E-state index in [1.165, 1.54) is 18.2 Å². The van der Waals surface area contributed by atoms with Crippen LogP contribution in [0, 0.1) is 34.0 Å². The van der Waals surface area contributed by atoms with Crippen molar-refractivity contribution in [3.63, 3.8) is 0 Å². The number of halogens is 1. The number of hydrogen-bond acceptors (Lipinski definition) is 5. The largest absolute Gasteiger partial charge is 0.478 e. The number of nitriles is 3. The molecule has 0 spiro atoms. The second-order valence-corrected chi connectivity index (χ2v) is 3.98. The fraction of sp³-hybridized carbons (Fsp3) is 0. The van der Waals surface area contributed by atoms with Gasteiger partial charge < -0.3 is 10.4 Å². The smallest absolute Gasteiger partial charge is 0.336 e. The van der Waals surface area contributed by atoms with E-state index in [2.05, 4.69) is 21.2 Å². The summed E-state index contributed by atoms with van der Waals surface area (Å²) in [6.45, 7) is 0. The minimum Gasteiger partial charge on any atom is -0.478 e. The van der Waals surface area contributed by atoms with Gasteiger partial charge in [-0.25, -0.2) is 4.79 Å². The van der Waals surface area contributed by atoms with E-state index in [4.69, 9.17) is 20.9 Å². The summed E-state index contributed by atoms with van der Waals surface area (Å²) in [5.74, 6) is -1.14. The standard InChI is InChI=1S/C12H5BrN4O2/c13-11-8(12(18)19)2-1-3-9(11)17-10(6-16)7(4-14)5-15/h1-3,17H,(H,18,19). The van der Waals surface area contributed by atoms with Gasteiger partial charge in [-0.3, -0.25) is 0 Å². The summed E-state index contributed by atoms with van der Waals surface area (Å²) in [5, 5.41) is 37.8. The van der Waals surface area contributed by atoms with Crippen molar-refractivity contribution in [1.82, 2.24) is 0 Å². The van der Waals surface area contributed by atoms with E-state index in [1.54, 1.807) is 18.2 Å². The zero-order chi connectivity index (χ0) is 14.4. The van der Waals surface area contributed by atoms with Crippen LogP contribution in [-0.4, -0.2) is 11.1 Å². The molecule has 1 aromatic rings. The first-order valence-electron chi connectivity index (χ1n) is 4.78. The monoisotopic (exact) mass is 316 g/mol. The van der Waals surface area contributed by atoms with E-state index in [0.717, 1.165) is 0 Å². The average molecular weight is 317 g/mol. The van der Waals surface area contributed by atoms with Crippen LogP contribution in [0.25, 0.3) is 0 Å². The number of aromatic carboxylic acids is 1. The van der Waals surface area contributed by atoms with E-state index in [-0.39, 0.29) is 27.0 Å². The van der Waals surface area contributed by atoms with Gasteiger partial charge in [0.2, 0.25) is 0 Å². The van der Waals surface area contributed by atoms with Crippen molar-refractivity contribution in [2.45, 2.75) is 0 Å². The van der Waals surface area contributed by atoms with Gasteiger partial charge in [0.05, 0.1) is 15.7 Å². The van der Waals surface area contributed by atoms with Crippen molar-refractivity contribution < 1.29 is 9.90 Å². The Morgan fingerprint density at radius 3 is 2.32 bits per heavy atom. The first-order chi connectivity index (χ1) is 9.04. The number of nitrogens with one attached hydrogen (secondary N) is 1. The fourth-order valence-corrected chi connectivity index (χ4v) is 1.74. The minimum absolute atomic E-state index is 0.00208. The molecule has 2 N–H and O–H groups in total. The van der Waals surface area contributed by atoms with Gasteiger partial charge in [-0.15, -0.1) is 0 Å². The lowest BCUT2D eigenvalue weighted by atomic mass is 10.2. The maximum Gasteiger partial charge on any atom is 0.336 e. The molecular weight excluding hydrogens is 312 g/mol. The molecule has 1 aromatic carbocycles. The van der Waals surface area contributed by atoms with Crippen LogP contribution in [0.2, 0.25) is 0 Å². The second kappa shape index (κ2) is 6.20. The van der Waals surface area contributed by atoms with Crippen molar-refractivity contribution in [2.24, 2.45) is 0 Å². The number of nitrogens with zero attached hydrogens (tertiary/aromatic N) is 3. The third-order valence-corrected chi connectivity index (χ3v) is 2.93. The highest BCUT2D eigenvalue weighted by Gasteiger charge is 2.13. The number of hydrogen-bond donors (Lipinski definition) is 2. The molecule has 19 heavy (non-hydrogen) atoms. The lowest BCUT2D eigenvalue weighted by Crippen LogP contribution is -2.04. The molecule has 0 saturated heterocycles. The highest BCUT2D eigenvalue weighted by atomic mass is 79.9. The molecule has 7 heteroatoms. The van der Waals surface area contributed by atoms with Gasteiger partial charge >= 0.3 is 5.97 Å². The zero-order valence-electron chi connectivity index (χ0n) is 9.31. The van der Waals surface area contributed by atoms with E-state index < -0.39 is 5.97 Å². The third-order valence-electron chi connectivity index (χ3n) is 2.07. The Kier molecular flexibility index (Phi) is 4.65. The molecule has 0 amide bonds. The summed E-state index contributed by atoms with van der Waals surface area (Å²) in [6.07, 6.45) is 0. The molecule has 0 aromatic heterocycles. The molecule has 1 rings (SSSR count). The van der Waals surface area contributed by atoms with Gasteiger partial charge in [0.15, 0.2) is 5.57 Å². The second-order valence-electron chi connectivity index (χ2n) is 3.18.